The summed E-state index contributed by atoms with van der Waals surface area (Å²) in [5, 5.41) is 9.39. The van der Waals surface area contributed by atoms with Crippen molar-refractivity contribution in [2.75, 3.05) is 0 Å². The first kappa shape index (κ1) is 9.65. The van der Waals surface area contributed by atoms with Gasteiger partial charge in [-0.25, -0.2) is 4.98 Å². The predicted molar refractivity (Wildman–Crippen MR) is 58.6 cm³/mol. The Bertz CT molecular complexity index is 495. The molecular weight excluding hydrogens is 188 g/mol. The largest absolute Gasteiger partial charge is 0.508 e. The lowest BCUT2D eigenvalue weighted by Gasteiger charge is -2.05. The van der Waals surface area contributed by atoms with E-state index in [1.807, 2.05) is 19.9 Å². The van der Waals surface area contributed by atoms with E-state index in [0.29, 0.717) is 0 Å². The Labute approximate surface area is 88.5 Å². The molecule has 0 spiro atoms. The molecule has 0 bridgehead atoms. The summed E-state index contributed by atoms with van der Waals surface area (Å²) in [6.07, 6.45) is 1.74. The van der Waals surface area contributed by atoms with Gasteiger partial charge in [0.15, 0.2) is 0 Å². The van der Waals surface area contributed by atoms with Gasteiger partial charge in [0.05, 0.1) is 17.1 Å². The van der Waals surface area contributed by atoms with Gasteiger partial charge in [-0.3, -0.25) is 4.98 Å². The van der Waals surface area contributed by atoms with Crippen molar-refractivity contribution in [3.63, 3.8) is 0 Å². The molecule has 1 aromatic heterocycles. The van der Waals surface area contributed by atoms with Gasteiger partial charge >= 0.3 is 0 Å². The summed E-state index contributed by atoms with van der Waals surface area (Å²) in [6.45, 7) is 3.81. The summed E-state index contributed by atoms with van der Waals surface area (Å²) >= 11 is 0. The van der Waals surface area contributed by atoms with E-state index >= 15 is 0 Å². The maximum Gasteiger partial charge on any atom is 0.116 e. The van der Waals surface area contributed by atoms with Crippen molar-refractivity contribution in [1.82, 2.24) is 9.97 Å². The zero-order valence-electron chi connectivity index (χ0n) is 8.73. The van der Waals surface area contributed by atoms with Crippen LogP contribution in [0.15, 0.2) is 30.5 Å². The summed E-state index contributed by atoms with van der Waals surface area (Å²) in [5.74, 6) is 0.246. The molecule has 0 atom stereocenters. The average molecular weight is 200 g/mol. The van der Waals surface area contributed by atoms with Crippen LogP contribution in [-0.4, -0.2) is 15.1 Å². The molecule has 0 fully saturated rings. The highest BCUT2D eigenvalue weighted by Gasteiger charge is 2.05. The van der Waals surface area contributed by atoms with Crippen LogP contribution >= 0.6 is 0 Å². The fourth-order valence-corrected chi connectivity index (χ4v) is 1.46. The minimum absolute atomic E-state index is 0.246. The first-order valence-electron chi connectivity index (χ1n) is 4.76. The summed E-state index contributed by atoms with van der Waals surface area (Å²) < 4.78 is 0. The summed E-state index contributed by atoms with van der Waals surface area (Å²) in [7, 11) is 0. The van der Waals surface area contributed by atoms with Crippen LogP contribution in [0.3, 0.4) is 0 Å². The highest BCUT2D eigenvalue weighted by molar-refractivity contribution is 5.63. The van der Waals surface area contributed by atoms with Crippen LogP contribution in [0.25, 0.3) is 11.3 Å². The van der Waals surface area contributed by atoms with E-state index in [-0.39, 0.29) is 5.75 Å². The number of hydrogen-bond donors (Lipinski definition) is 1. The van der Waals surface area contributed by atoms with Crippen molar-refractivity contribution in [3.05, 3.63) is 41.9 Å². The molecule has 0 amide bonds. The molecular formula is C12H12N2O. The molecule has 0 unspecified atom stereocenters. The Morgan fingerprint density at radius 2 is 2.00 bits per heavy atom. The second kappa shape index (κ2) is 3.69. The monoisotopic (exact) mass is 200 g/mol. The van der Waals surface area contributed by atoms with Gasteiger partial charge in [-0.2, -0.15) is 0 Å². The standard InChI is InChI=1S/C12H12N2O/c1-8-7-13-9(2)12(14-8)10-4-3-5-11(15)6-10/h3-7,15H,1-2H3. The first-order valence-corrected chi connectivity index (χ1v) is 4.76. The van der Waals surface area contributed by atoms with Crippen LogP contribution in [0.2, 0.25) is 0 Å². The third kappa shape index (κ3) is 1.96. The molecule has 76 valence electrons. The number of rotatable bonds is 1. The second-order valence-electron chi connectivity index (χ2n) is 3.50. The Kier molecular flexibility index (Phi) is 2.37. The van der Waals surface area contributed by atoms with Gasteiger partial charge in [-0.15, -0.1) is 0 Å². The van der Waals surface area contributed by atoms with Crippen molar-refractivity contribution >= 4 is 0 Å². The van der Waals surface area contributed by atoms with Crippen LogP contribution in [-0.2, 0) is 0 Å². The SMILES string of the molecule is Cc1cnc(C)c(-c2cccc(O)c2)n1. The van der Waals surface area contributed by atoms with Crippen molar-refractivity contribution in [1.29, 1.82) is 0 Å². The Balaban J connectivity index is 2.58. The zero-order chi connectivity index (χ0) is 10.8. The first-order chi connectivity index (χ1) is 7.16. The van der Waals surface area contributed by atoms with Crippen LogP contribution in [0.1, 0.15) is 11.4 Å². The molecule has 1 heterocycles. The second-order valence-corrected chi connectivity index (χ2v) is 3.50. The van der Waals surface area contributed by atoms with Crippen LogP contribution in [0, 0.1) is 13.8 Å². The van der Waals surface area contributed by atoms with Gasteiger partial charge in [-0.1, -0.05) is 12.1 Å². The lowest BCUT2D eigenvalue weighted by molar-refractivity contribution is 0.475. The average Bonchev–Trinajstić information content (AvgIpc) is 2.22. The molecule has 15 heavy (non-hydrogen) atoms. The molecule has 1 aromatic carbocycles. The van der Waals surface area contributed by atoms with Crippen LogP contribution in [0.4, 0.5) is 0 Å². The van der Waals surface area contributed by atoms with Crippen LogP contribution < -0.4 is 0 Å². The molecule has 0 saturated heterocycles. The fourth-order valence-electron chi connectivity index (χ4n) is 1.46. The quantitative estimate of drug-likeness (QED) is 0.769. The molecule has 0 aliphatic heterocycles. The predicted octanol–water partition coefficient (Wildman–Crippen LogP) is 2.47. The Hall–Kier alpha value is -1.90. The molecule has 1 N–H and O–H groups in total. The van der Waals surface area contributed by atoms with E-state index in [2.05, 4.69) is 9.97 Å². The maximum atomic E-state index is 9.39. The molecule has 3 nitrogen and oxygen atoms in total. The van der Waals surface area contributed by atoms with Gasteiger partial charge < -0.3 is 5.11 Å². The third-order valence-electron chi connectivity index (χ3n) is 2.20. The number of nitrogens with zero attached hydrogens (tertiary/aromatic N) is 2. The number of aryl methyl sites for hydroxylation is 2. The Morgan fingerprint density at radius 3 is 2.73 bits per heavy atom. The highest BCUT2D eigenvalue weighted by atomic mass is 16.3. The molecule has 3 heteroatoms. The van der Waals surface area contributed by atoms with Gasteiger partial charge in [-0.05, 0) is 26.0 Å². The summed E-state index contributed by atoms with van der Waals surface area (Å²) in [4.78, 5) is 8.65. The van der Waals surface area contributed by atoms with E-state index in [1.165, 1.54) is 0 Å². The topological polar surface area (TPSA) is 46.0 Å². The van der Waals surface area contributed by atoms with Crippen molar-refractivity contribution in [2.24, 2.45) is 0 Å². The lowest BCUT2D eigenvalue weighted by Crippen LogP contribution is -1.94. The minimum atomic E-state index is 0.246. The minimum Gasteiger partial charge on any atom is -0.508 e. The number of benzene rings is 1. The molecule has 0 saturated carbocycles. The number of aromatic hydroxyl groups is 1. The number of hydrogen-bond acceptors (Lipinski definition) is 3. The van der Waals surface area contributed by atoms with Gasteiger partial charge in [0.1, 0.15) is 5.75 Å². The Morgan fingerprint density at radius 1 is 1.20 bits per heavy atom. The normalized spacial score (nSPS) is 10.3. The third-order valence-corrected chi connectivity index (χ3v) is 2.20. The van der Waals surface area contributed by atoms with Gasteiger partial charge in [0.25, 0.3) is 0 Å². The van der Waals surface area contributed by atoms with Crippen molar-refractivity contribution < 1.29 is 5.11 Å². The maximum absolute atomic E-state index is 9.39. The van der Waals surface area contributed by atoms with Crippen molar-refractivity contribution in [2.45, 2.75) is 13.8 Å². The number of phenolic OH excluding ortho intramolecular Hbond substituents is 1. The van der Waals surface area contributed by atoms with E-state index in [9.17, 15) is 5.11 Å². The molecule has 0 aliphatic rings. The summed E-state index contributed by atoms with van der Waals surface area (Å²) in [5.41, 5.74) is 3.46. The number of aromatic nitrogens is 2. The molecule has 2 aromatic rings. The van der Waals surface area contributed by atoms with E-state index in [0.717, 1.165) is 22.6 Å². The van der Waals surface area contributed by atoms with E-state index in [4.69, 9.17) is 0 Å². The molecule has 0 radical (unpaired) electrons. The van der Waals surface area contributed by atoms with Crippen molar-refractivity contribution in [3.8, 4) is 17.0 Å². The zero-order valence-corrected chi connectivity index (χ0v) is 8.73. The van der Waals surface area contributed by atoms with E-state index < -0.39 is 0 Å². The van der Waals surface area contributed by atoms with Gasteiger partial charge in [0.2, 0.25) is 0 Å². The summed E-state index contributed by atoms with van der Waals surface area (Å²) in [6, 6.07) is 7.04. The molecule has 2 rings (SSSR count). The van der Waals surface area contributed by atoms with Gasteiger partial charge in [0, 0.05) is 11.8 Å². The number of phenols is 1. The van der Waals surface area contributed by atoms with E-state index in [1.54, 1.807) is 24.4 Å². The highest BCUT2D eigenvalue weighted by Crippen LogP contribution is 2.23. The van der Waals surface area contributed by atoms with Crippen LogP contribution in [0.5, 0.6) is 5.75 Å². The molecule has 0 aliphatic carbocycles. The fraction of sp³-hybridized carbons (Fsp3) is 0.167. The lowest BCUT2D eigenvalue weighted by atomic mass is 10.1. The smallest absolute Gasteiger partial charge is 0.116 e.